The molecule has 1 fully saturated rings. The Labute approximate surface area is 156 Å². The molecule has 2 heterocycles. The van der Waals surface area contributed by atoms with Gasteiger partial charge in [-0.1, -0.05) is 6.08 Å². The molecule has 7 nitrogen and oxygen atoms in total. The van der Waals surface area contributed by atoms with E-state index in [1.807, 2.05) is 0 Å². The zero-order chi connectivity index (χ0) is 17.9. The molecule has 0 aliphatic carbocycles. The van der Waals surface area contributed by atoms with Gasteiger partial charge in [-0.2, -0.15) is 11.8 Å². The Morgan fingerprint density at radius 3 is 3.08 bits per heavy atom. The molecule has 9 heteroatoms. The van der Waals surface area contributed by atoms with Crippen LogP contribution in [0.25, 0.3) is 0 Å². The third-order valence-corrected chi connectivity index (χ3v) is 5.53. The number of hydrogen-bond acceptors (Lipinski definition) is 7. The van der Waals surface area contributed by atoms with Crippen molar-refractivity contribution in [2.45, 2.75) is 25.1 Å². The average molecular weight is 384 g/mol. The molecule has 0 radical (unpaired) electrons. The van der Waals surface area contributed by atoms with Crippen molar-refractivity contribution in [1.82, 2.24) is 15.2 Å². The third-order valence-electron chi connectivity index (χ3n) is 3.67. The number of nitrogens with one attached hydrogen (secondary N) is 1. The van der Waals surface area contributed by atoms with Crippen LogP contribution in [-0.4, -0.2) is 59.1 Å². The molecule has 25 heavy (non-hydrogen) atoms. The summed E-state index contributed by atoms with van der Waals surface area (Å²) in [5, 5.41) is 16.9. The molecule has 0 bridgehead atoms. The molecule has 2 rings (SSSR count). The summed E-state index contributed by atoms with van der Waals surface area (Å²) in [4.78, 5) is 21.7. The van der Waals surface area contributed by atoms with Gasteiger partial charge in [0.05, 0.1) is 18.8 Å². The van der Waals surface area contributed by atoms with E-state index in [9.17, 15) is 10.1 Å². The maximum Gasteiger partial charge on any atom is 0.259 e. The molecule has 138 valence electrons. The van der Waals surface area contributed by atoms with Gasteiger partial charge in [-0.05, 0) is 25.9 Å². The predicted octanol–water partition coefficient (Wildman–Crippen LogP) is 2.42. The Bertz CT molecular complexity index is 585. The van der Waals surface area contributed by atoms with Gasteiger partial charge in [0, 0.05) is 28.4 Å². The highest BCUT2D eigenvalue weighted by Crippen LogP contribution is 2.19. The van der Waals surface area contributed by atoms with Crippen molar-refractivity contribution in [3.63, 3.8) is 0 Å². The largest absolute Gasteiger partial charge is 0.365 e. The van der Waals surface area contributed by atoms with Gasteiger partial charge in [0.2, 0.25) is 0 Å². The van der Waals surface area contributed by atoms with Crippen LogP contribution in [0, 0.1) is 10.1 Å². The molecule has 1 aromatic rings. The summed E-state index contributed by atoms with van der Waals surface area (Å²) in [7, 11) is 0. The lowest BCUT2D eigenvalue weighted by atomic mass is 10.4. The molecule has 1 aliphatic heterocycles. The summed E-state index contributed by atoms with van der Waals surface area (Å²) in [6, 6.07) is 0. The van der Waals surface area contributed by atoms with Crippen LogP contribution in [0.1, 0.15) is 23.5 Å². The number of likely N-dealkylation sites (tertiary alicyclic amines) is 1. The van der Waals surface area contributed by atoms with Gasteiger partial charge in [0.15, 0.2) is 5.84 Å². The van der Waals surface area contributed by atoms with Gasteiger partial charge >= 0.3 is 0 Å². The van der Waals surface area contributed by atoms with Crippen molar-refractivity contribution in [1.29, 1.82) is 0 Å². The molecule has 0 atom stereocenters. The highest BCUT2D eigenvalue weighted by Gasteiger charge is 2.13. The number of thiazole rings is 1. The van der Waals surface area contributed by atoms with E-state index in [2.05, 4.69) is 27.2 Å². The fourth-order valence-electron chi connectivity index (χ4n) is 2.52. The molecule has 0 saturated carbocycles. The lowest BCUT2D eigenvalue weighted by Crippen LogP contribution is -2.30. The summed E-state index contributed by atoms with van der Waals surface area (Å²) >= 11 is 3.49. The van der Waals surface area contributed by atoms with Gasteiger partial charge < -0.3 is 5.32 Å². The first-order valence-corrected chi connectivity index (χ1v) is 10.4. The number of nitrogens with zero attached hydrogens (tertiary/aromatic N) is 4. The molecule has 0 amide bonds. The van der Waals surface area contributed by atoms with Crippen molar-refractivity contribution in [2.75, 3.05) is 38.5 Å². The molecule has 1 N–H and O–H groups in total. The molecule has 1 aromatic heterocycles. The predicted molar refractivity (Wildman–Crippen MR) is 105 cm³/mol. The van der Waals surface area contributed by atoms with Crippen molar-refractivity contribution in [2.24, 2.45) is 4.99 Å². The zero-order valence-electron chi connectivity index (χ0n) is 14.4. The number of aliphatic imine (C=N–C) groups is 1. The molecule has 0 unspecified atom stereocenters. The Morgan fingerprint density at radius 2 is 2.36 bits per heavy atom. The summed E-state index contributed by atoms with van der Waals surface area (Å²) in [5.74, 6) is 2.08. The zero-order valence-corrected chi connectivity index (χ0v) is 16.0. The number of amidine groups is 1. The fraction of sp³-hybridized carbons (Fsp3) is 0.625. The first-order chi connectivity index (χ1) is 12.2. The number of thioether (sulfide) groups is 1. The SMILES string of the molecule is C=CCNC(C[N+](=O)[O-])=NCCSCc1csc(CN2CCCC2)n1. The molecule has 0 aromatic carbocycles. The molecule has 0 spiro atoms. The Kier molecular flexibility index (Phi) is 8.92. The van der Waals surface area contributed by atoms with Gasteiger partial charge in [-0.3, -0.25) is 20.0 Å². The normalized spacial score (nSPS) is 15.4. The van der Waals surface area contributed by atoms with Crippen LogP contribution in [0.3, 0.4) is 0 Å². The smallest absolute Gasteiger partial charge is 0.259 e. The Hall–Kier alpha value is -1.45. The van der Waals surface area contributed by atoms with Crippen molar-refractivity contribution in [3.8, 4) is 0 Å². The second-order valence-electron chi connectivity index (χ2n) is 5.76. The monoisotopic (exact) mass is 383 g/mol. The van der Waals surface area contributed by atoms with Gasteiger partial charge in [0.1, 0.15) is 5.01 Å². The van der Waals surface area contributed by atoms with Crippen LogP contribution in [-0.2, 0) is 12.3 Å². The minimum absolute atomic E-state index is 0.273. The highest BCUT2D eigenvalue weighted by molar-refractivity contribution is 7.98. The minimum Gasteiger partial charge on any atom is -0.365 e. The highest BCUT2D eigenvalue weighted by atomic mass is 32.2. The maximum absolute atomic E-state index is 10.6. The van der Waals surface area contributed by atoms with Crippen LogP contribution in [0.4, 0.5) is 0 Å². The number of nitro groups is 1. The maximum atomic E-state index is 10.6. The Morgan fingerprint density at radius 1 is 1.56 bits per heavy atom. The number of aromatic nitrogens is 1. The quantitative estimate of drug-likeness (QED) is 0.158. The van der Waals surface area contributed by atoms with Crippen LogP contribution in [0.2, 0.25) is 0 Å². The van der Waals surface area contributed by atoms with Crippen LogP contribution in [0.5, 0.6) is 0 Å². The summed E-state index contributed by atoms with van der Waals surface area (Å²) < 4.78 is 0. The standard InChI is InChI=1S/C16H25N5O2S2/c1-2-5-17-15(10-21(22)23)18-6-9-24-12-14-13-25-16(19-14)11-20-7-3-4-8-20/h2,13H,1,3-12H2,(H,17,18). The lowest BCUT2D eigenvalue weighted by molar-refractivity contribution is -0.463. The van der Waals surface area contributed by atoms with Gasteiger partial charge in [-0.15, -0.1) is 17.9 Å². The van der Waals surface area contributed by atoms with Crippen LogP contribution < -0.4 is 5.32 Å². The average Bonchev–Trinajstić information content (AvgIpc) is 3.24. The molecule has 1 aliphatic rings. The van der Waals surface area contributed by atoms with E-state index in [-0.39, 0.29) is 11.5 Å². The van der Waals surface area contributed by atoms with E-state index in [1.165, 1.54) is 30.9 Å². The summed E-state index contributed by atoms with van der Waals surface area (Å²) in [6.07, 6.45) is 4.26. The van der Waals surface area contributed by atoms with E-state index < -0.39 is 0 Å². The fourth-order valence-corrected chi connectivity index (χ4v) is 4.18. The van der Waals surface area contributed by atoms with Crippen LogP contribution in [0.15, 0.2) is 23.0 Å². The van der Waals surface area contributed by atoms with E-state index in [0.29, 0.717) is 18.9 Å². The number of hydrogen-bond donors (Lipinski definition) is 1. The molecular formula is C16H25N5O2S2. The van der Waals surface area contributed by atoms with E-state index in [4.69, 9.17) is 4.98 Å². The third kappa shape index (κ3) is 7.98. The first kappa shape index (κ1) is 19.9. The van der Waals surface area contributed by atoms with E-state index in [0.717, 1.165) is 23.7 Å². The first-order valence-electron chi connectivity index (χ1n) is 8.40. The minimum atomic E-state index is -0.376. The summed E-state index contributed by atoms with van der Waals surface area (Å²) in [5.41, 5.74) is 1.11. The summed E-state index contributed by atoms with van der Waals surface area (Å²) in [6.45, 7) is 7.71. The van der Waals surface area contributed by atoms with Crippen LogP contribution >= 0.6 is 23.1 Å². The van der Waals surface area contributed by atoms with Gasteiger partial charge in [0.25, 0.3) is 6.54 Å². The van der Waals surface area contributed by atoms with Crippen molar-refractivity contribution in [3.05, 3.63) is 38.9 Å². The molecular weight excluding hydrogens is 358 g/mol. The topological polar surface area (TPSA) is 83.7 Å². The van der Waals surface area contributed by atoms with Crippen molar-refractivity contribution < 1.29 is 4.92 Å². The molecule has 1 saturated heterocycles. The second-order valence-corrected chi connectivity index (χ2v) is 7.81. The Balaban J connectivity index is 1.67. The van der Waals surface area contributed by atoms with E-state index in [1.54, 1.807) is 29.2 Å². The van der Waals surface area contributed by atoms with Crippen molar-refractivity contribution >= 4 is 28.9 Å². The lowest BCUT2D eigenvalue weighted by Gasteiger charge is -2.11. The van der Waals surface area contributed by atoms with Gasteiger partial charge in [-0.25, -0.2) is 4.98 Å². The second kappa shape index (κ2) is 11.2. The van der Waals surface area contributed by atoms with E-state index >= 15 is 0 Å². The number of rotatable bonds is 11.